The summed E-state index contributed by atoms with van der Waals surface area (Å²) >= 11 is 6.15. The molecule has 1 aliphatic rings. The third-order valence-corrected chi connectivity index (χ3v) is 7.48. The number of rotatable bonds is 11. The Kier molecular flexibility index (Phi) is 8.31. The summed E-state index contributed by atoms with van der Waals surface area (Å²) in [5.74, 6) is 2.65. The van der Waals surface area contributed by atoms with E-state index in [2.05, 4.69) is 24.0 Å². The van der Waals surface area contributed by atoms with Crippen LogP contribution >= 0.6 is 11.6 Å². The maximum Gasteiger partial charge on any atom is 0.273 e. The number of benzene rings is 3. The molecular weight excluding hydrogens is 526 g/mol. The maximum atomic E-state index is 13.8. The number of halogens is 1. The fraction of sp³-hybridized carbons (Fsp3) is 0.312. The summed E-state index contributed by atoms with van der Waals surface area (Å²) in [6, 6.07) is 21.1. The van der Waals surface area contributed by atoms with E-state index in [9.17, 15) is 4.79 Å². The van der Waals surface area contributed by atoms with E-state index in [1.54, 1.807) is 14.2 Å². The number of fused-ring (bicyclic) bond motifs is 1. The van der Waals surface area contributed by atoms with Crippen LogP contribution in [0.15, 0.2) is 66.7 Å². The lowest BCUT2D eigenvalue weighted by Crippen LogP contribution is -2.31. The summed E-state index contributed by atoms with van der Waals surface area (Å²) < 4.78 is 16.8. The third kappa shape index (κ3) is 5.65. The Morgan fingerprint density at radius 1 is 0.975 bits per heavy atom. The first kappa shape index (κ1) is 27.6. The lowest BCUT2D eigenvalue weighted by atomic mass is 9.96. The van der Waals surface area contributed by atoms with Crippen molar-refractivity contribution in [1.82, 2.24) is 15.1 Å². The van der Waals surface area contributed by atoms with Gasteiger partial charge < -0.3 is 19.1 Å². The Morgan fingerprint density at radius 3 is 2.38 bits per heavy atom. The van der Waals surface area contributed by atoms with Crippen LogP contribution in [0, 0.1) is 5.92 Å². The van der Waals surface area contributed by atoms with Gasteiger partial charge in [-0.25, -0.2) is 0 Å². The molecule has 7 nitrogen and oxygen atoms in total. The molecule has 3 aromatic carbocycles. The van der Waals surface area contributed by atoms with Crippen LogP contribution in [-0.4, -0.2) is 48.4 Å². The first-order valence-corrected chi connectivity index (χ1v) is 13.9. The van der Waals surface area contributed by atoms with Gasteiger partial charge in [-0.2, -0.15) is 5.10 Å². The van der Waals surface area contributed by atoms with Gasteiger partial charge in [0.2, 0.25) is 0 Å². The topological polar surface area (TPSA) is 76.7 Å². The predicted molar refractivity (Wildman–Crippen MR) is 157 cm³/mol. The Morgan fingerprint density at radius 2 is 1.70 bits per heavy atom. The highest BCUT2D eigenvalue weighted by molar-refractivity contribution is 6.30. The minimum Gasteiger partial charge on any atom is -0.494 e. The summed E-state index contributed by atoms with van der Waals surface area (Å²) in [4.78, 5) is 15.7. The number of hydrogen-bond donors (Lipinski definition) is 1. The fourth-order valence-electron chi connectivity index (χ4n) is 5.05. The molecule has 5 rings (SSSR count). The van der Waals surface area contributed by atoms with Crippen LogP contribution in [0.1, 0.15) is 53.5 Å². The Labute approximate surface area is 240 Å². The first-order chi connectivity index (χ1) is 19.4. The zero-order valence-electron chi connectivity index (χ0n) is 23.2. The Balaban J connectivity index is 1.47. The average molecular weight is 560 g/mol. The molecule has 4 aromatic rings. The van der Waals surface area contributed by atoms with Crippen LogP contribution < -0.4 is 14.2 Å². The van der Waals surface area contributed by atoms with Gasteiger partial charge in [0.1, 0.15) is 11.4 Å². The molecule has 0 fully saturated rings. The quantitative estimate of drug-likeness (QED) is 0.215. The molecule has 0 radical (unpaired) electrons. The van der Waals surface area contributed by atoms with Crippen LogP contribution in [0.4, 0.5) is 0 Å². The number of carbonyl (C=O) groups is 1. The fourth-order valence-corrected chi connectivity index (χ4v) is 5.17. The highest BCUT2D eigenvalue weighted by Crippen LogP contribution is 2.43. The number of H-pyrrole nitrogens is 1. The average Bonchev–Trinajstić information content (AvgIpc) is 3.51. The molecule has 0 aliphatic carbocycles. The van der Waals surface area contributed by atoms with E-state index in [1.807, 2.05) is 71.6 Å². The van der Waals surface area contributed by atoms with Gasteiger partial charge in [-0.05, 0) is 66.3 Å². The summed E-state index contributed by atoms with van der Waals surface area (Å²) in [5.41, 5.74) is 5.07. The second-order valence-electron chi connectivity index (χ2n) is 10.3. The highest BCUT2D eigenvalue weighted by Gasteiger charge is 2.42. The molecular formula is C32H34ClN3O4. The van der Waals surface area contributed by atoms with E-state index in [0.717, 1.165) is 40.1 Å². The Hall–Kier alpha value is -3.97. The molecule has 1 aromatic heterocycles. The minimum atomic E-state index is -0.309. The van der Waals surface area contributed by atoms with Gasteiger partial charge in [0.15, 0.2) is 11.5 Å². The van der Waals surface area contributed by atoms with Crippen molar-refractivity contribution in [2.24, 2.45) is 5.92 Å². The molecule has 1 amide bonds. The summed E-state index contributed by atoms with van der Waals surface area (Å²) in [6.45, 7) is 5.54. The van der Waals surface area contributed by atoms with Gasteiger partial charge in [-0.1, -0.05) is 55.8 Å². The van der Waals surface area contributed by atoms with Crippen molar-refractivity contribution >= 4 is 17.5 Å². The van der Waals surface area contributed by atoms with Crippen LogP contribution in [0.2, 0.25) is 5.02 Å². The van der Waals surface area contributed by atoms with Crippen molar-refractivity contribution in [1.29, 1.82) is 0 Å². The predicted octanol–water partition coefficient (Wildman–Crippen LogP) is 6.96. The number of methoxy groups -OCH3 is 2. The van der Waals surface area contributed by atoms with Gasteiger partial charge in [-0.15, -0.1) is 0 Å². The van der Waals surface area contributed by atoms with Crippen molar-refractivity contribution in [2.75, 3.05) is 27.4 Å². The van der Waals surface area contributed by atoms with E-state index in [1.165, 1.54) is 0 Å². The van der Waals surface area contributed by atoms with Gasteiger partial charge in [0, 0.05) is 22.7 Å². The summed E-state index contributed by atoms with van der Waals surface area (Å²) in [7, 11) is 3.24. The van der Waals surface area contributed by atoms with Crippen LogP contribution in [0.5, 0.6) is 17.2 Å². The van der Waals surface area contributed by atoms with Gasteiger partial charge in [-0.3, -0.25) is 9.89 Å². The third-order valence-electron chi connectivity index (χ3n) is 7.23. The molecule has 8 heteroatoms. The van der Waals surface area contributed by atoms with Crippen molar-refractivity contribution < 1.29 is 19.0 Å². The van der Waals surface area contributed by atoms with Gasteiger partial charge in [0.05, 0.1) is 32.6 Å². The molecule has 1 aliphatic heterocycles. The highest BCUT2D eigenvalue weighted by atomic mass is 35.5. The van der Waals surface area contributed by atoms with Crippen molar-refractivity contribution in [3.63, 3.8) is 0 Å². The minimum absolute atomic E-state index is 0.0783. The molecule has 0 bridgehead atoms. The standard InChI is InChI=1S/C32H34ClN3O4/c1-20(2)16-18-40-25-12-8-23(9-13-25)31-28-29(22-6-10-24(33)11-7-22)34-35-30(28)32(37)36(31)17-15-21-5-14-26(38-3)27(19-21)39-4/h5-14,19-20,31H,15-18H2,1-4H3,(H,34,35). The van der Waals surface area contributed by atoms with E-state index < -0.39 is 0 Å². The molecule has 1 atom stereocenters. The lowest BCUT2D eigenvalue weighted by molar-refractivity contribution is 0.0746. The van der Waals surface area contributed by atoms with Gasteiger partial charge >= 0.3 is 0 Å². The molecule has 2 heterocycles. The van der Waals surface area contributed by atoms with Gasteiger partial charge in [0.25, 0.3) is 5.91 Å². The number of aromatic nitrogens is 2. The van der Waals surface area contributed by atoms with E-state index >= 15 is 0 Å². The number of ether oxygens (including phenoxy) is 3. The molecule has 0 spiro atoms. The normalized spacial score (nSPS) is 14.5. The monoisotopic (exact) mass is 559 g/mol. The molecule has 1 N–H and O–H groups in total. The molecule has 1 unspecified atom stereocenters. The number of nitrogens with one attached hydrogen (secondary N) is 1. The van der Waals surface area contributed by atoms with Crippen molar-refractivity contribution in [3.8, 4) is 28.5 Å². The van der Waals surface area contributed by atoms with Crippen LogP contribution in [-0.2, 0) is 6.42 Å². The summed E-state index contributed by atoms with van der Waals surface area (Å²) in [6.07, 6.45) is 1.64. The largest absolute Gasteiger partial charge is 0.494 e. The molecule has 208 valence electrons. The van der Waals surface area contributed by atoms with Crippen molar-refractivity contribution in [2.45, 2.75) is 32.7 Å². The smallest absolute Gasteiger partial charge is 0.273 e. The van der Waals surface area contributed by atoms with Crippen LogP contribution in [0.3, 0.4) is 0 Å². The van der Waals surface area contributed by atoms with E-state index in [-0.39, 0.29) is 11.9 Å². The molecule has 40 heavy (non-hydrogen) atoms. The van der Waals surface area contributed by atoms with Crippen molar-refractivity contribution in [3.05, 3.63) is 94.1 Å². The number of hydrogen-bond acceptors (Lipinski definition) is 5. The SMILES string of the molecule is COc1ccc(CCN2C(=O)c3[nH]nc(-c4ccc(Cl)cc4)c3C2c2ccc(OCCC(C)C)cc2)cc1OC. The number of aromatic amines is 1. The zero-order valence-corrected chi connectivity index (χ0v) is 24.0. The lowest BCUT2D eigenvalue weighted by Gasteiger charge is -2.27. The van der Waals surface area contributed by atoms with E-state index in [4.69, 9.17) is 25.8 Å². The van der Waals surface area contributed by atoms with Crippen LogP contribution in [0.25, 0.3) is 11.3 Å². The maximum absolute atomic E-state index is 13.8. The Bertz CT molecular complexity index is 1460. The number of nitrogens with zero attached hydrogens (tertiary/aromatic N) is 2. The number of carbonyl (C=O) groups excluding carboxylic acids is 1. The zero-order chi connectivity index (χ0) is 28.2. The summed E-state index contributed by atoms with van der Waals surface area (Å²) in [5, 5.41) is 8.23. The first-order valence-electron chi connectivity index (χ1n) is 13.5. The second kappa shape index (κ2) is 12.0. The number of amides is 1. The second-order valence-corrected chi connectivity index (χ2v) is 10.7. The molecule has 0 saturated heterocycles. The molecule has 0 saturated carbocycles. The van der Waals surface area contributed by atoms with E-state index in [0.29, 0.717) is 47.7 Å².